The Labute approximate surface area is 207 Å². The molecule has 1 aliphatic carbocycles. The average molecular weight is 495 g/mol. The zero-order valence-electron chi connectivity index (χ0n) is 20.1. The number of anilines is 1. The van der Waals surface area contributed by atoms with Crippen LogP contribution < -0.4 is 14.8 Å². The maximum absolute atomic E-state index is 14.1. The van der Waals surface area contributed by atoms with E-state index in [2.05, 4.69) is 19.2 Å². The highest BCUT2D eigenvalue weighted by Crippen LogP contribution is 2.46. The van der Waals surface area contributed by atoms with Gasteiger partial charge in [0.25, 0.3) is 0 Å². The van der Waals surface area contributed by atoms with Crippen LogP contribution in [0.5, 0.6) is 11.5 Å². The first-order valence-corrected chi connectivity index (χ1v) is 12.4. The summed E-state index contributed by atoms with van der Waals surface area (Å²) in [5, 5.41) is 8.62. The molecular weight excluding hydrogens is 467 g/mol. The SMILES string of the molecule is COc1ccc([C@@H]2C3=C(CC(C)(C)CC3=O)Nc3nc(SCc4ccccc4F)nn32)cc1OC. The van der Waals surface area contributed by atoms with Crippen molar-refractivity contribution in [3.8, 4) is 11.5 Å². The van der Waals surface area contributed by atoms with Gasteiger partial charge < -0.3 is 14.8 Å². The van der Waals surface area contributed by atoms with E-state index in [0.29, 0.717) is 45.9 Å². The number of benzene rings is 2. The zero-order valence-corrected chi connectivity index (χ0v) is 20.9. The maximum atomic E-state index is 14.1. The van der Waals surface area contributed by atoms with Gasteiger partial charge in [0.2, 0.25) is 11.1 Å². The predicted octanol–water partition coefficient (Wildman–Crippen LogP) is 5.38. The molecule has 5 rings (SSSR count). The van der Waals surface area contributed by atoms with Crippen LogP contribution in [0, 0.1) is 11.2 Å². The van der Waals surface area contributed by atoms with Crippen molar-refractivity contribution in [3.05, 3.63) is 70.7 Å². The van der Waals surface area contributed by atoms with Crippen molar-refractivity contribution in [2.24, 2.45) is 5.41 Å². The summed E-state index contributed by atoms with van der Waals surface area (Å²) < 4.78 is 26.8. The van der Waals surface area contributed by atoms with E-state index < -0.39 is 6.04 Å². The number of methoxy groups -OCH3 is 2. The molecule has 1 atom stereocenters. The molecule has 0 radical (unpaired) electrons. The predicted molar refractivity (Wildman–Crippen MR) is 132 cm³/mol. The van der Waals surface area contributed by atoms with Crippen LogP contribution in [0.15, 0.2) is 58.9 Å². The lowest BCUT2D eigenvalue weighted by atomic mass is 9.73. The number of nitrogens with one attached hydrogen (secondary N) is 1. The Morgan fingerprint density at radius 1 is 1.14 bits per heavy atom. The average Bonchev–Trinajstić information content (AvgIpc) is 3.23. The van der Waals surface area contributed by atoms with Gasteiger partial charge in [0.05, 0.1) is 14.2 Å². The Morgan fingerprint density at radius 3 is 2.66 bits per heavy atom. The minimum Gasteiger partial charge on any atom is -0.493 e. The summed E-state index contributed by atoms with van der Waals surface area (Å²) in [6.07, 6.45) is 1.18. The standard InChI is InChI=1S/C26H27FN4O3S/c1-26(2)12-18-22(19(32)13-26)23(15-9-10-20(33-3)21(11-15)34-4)31-24(28-18)29-25(30-31)35-14-16-7-5-6-8-17(16)27/h5-11,23H,12-14H2,1-4H3,(H,28,29,30)/t23-/m1/s1. The van der Waals surface area contributed by atoms with Gasteiger partial charge in [-0.1, -0.05) is 49.9 Å². The minimum atomic E-state index is -0.458. The first-order chi connectivity index (χ1) is 16.8. The highest BCUT2D eigenvalue weighted by atomic mass is 32.2. The van der Waals surface area contributed by atoms with Crippen LogP contribution >= 0.6 is 11.8 Å². The van der Waals surface area contributed by atoms with Gasteiger partial charge in [0.15, 0.2) is 17.3 Å². The number of carbonyl (C=O) groups excluding carboxylic acids is 1. The number of halogens is 1. The summed E-state index contributed by atoms with van der Waals surface area (Å²) in [4.78, 5) is 18.1. The van der Waals surface area contributed by atoms with Crippen molar-refractivity contribution in [1.29, 1.82) is 0 Å². The second kappa shape index (κ2) is 9.03. The number of nitrogens with zero attached hydrogens (tertiary/aromatic N) is 3. The lowest BCUT2D eigenvalue weighted by molar-refractivity contribution is -0.118. The first kappa shape index (κ1) is 23.4. The first-order valence-electron chi connectivity index (χ1n) is 11.4. The summed E-state index contributed by atoms with van der Waals surface area (Å²) in [7, 11) is 3.17. The van der Waals surface area contributed by atoms with E-state index in [0.717, 1.165) is 17.7 Å². The van der Waals surface area contributed by atoms with Gasteiger partial charge in [0, 0.05) is 23.4 Å². The Morgan fingerprint density at radius 2 is 1.91 bits per heavy atom. The number of hydrogen-bond acceptors (Lipinski definition) is 7. The number of rotatable bonds is 6. The smallest absolute Gasteiger partial charge is 0.227 e. The van der Waals surface area contributed by atoms with E-state index in [1.165, 1.54) is 17.8 Å². The largest absolute Gasteiger partial charge is 0.493 e. The molecular formula is C26H27FN4O3S. The molecule has 182 valence electrons. The van der Waals surface area contributed by atoms with E-state index in [1.54, 1.807) is 31.0 Å². The third kappa shape index (κ3) is 4.40. The van der Waals surface area contributed by atoms with Crippen molar-refractivity contribution >= 4 is 23.5 Å². The molecule has 1 aromatic heterocycles. The Kier molecular flexibility index (Phi) is 6.04. The normalized spacial score (nSPS) is 18.5. The summed E-state index contributed by atoms with van der Waals surface area (Å²) in [5.74, 6) is 1.97. The third-order valence-electron chi connectivity index (χ3n) is 6.35. The number of aromatic nitrogens is 3. The molecule has 1 aliphatic heterocycles. The lowest BCUT2D eigenvalue weighted by Crippen LogP contribution is -2.36. The Balaban J connectivity index is 1.56. The molecule has 1 N–H and O–H groups in total. The highest BCUT2D eigenvalue weighted by Gasteiger charge is 2.42. The van der Waals surface area contributed by atoms with Crippen LogP contribution in [-0.2, 0) is 10.5 Å². The number of hydrogen-bond donors (Lipinski definition) is 1. The molecule has 2 aromatic carbocycles. The van der Waals surface area contributed by atoms with Gasteiger partial charge in [-0.2, -0.15) is 4.98 Å². The van der Waals surface area contributed by atoms with Crippen LogP contribution in [0.1, 0.15) is 43.9 Å². The molecule has 2 heterocycles. The number of thioether (sulfide) groups is 1. The monoisotopic (exact) mass is 494 g/mol. The van der Waals surface area contributed by atoms with Gasteiger partial charge in [-0.15, -0.1) is 5.10 Å². The van der Waals surface area contributed by atoms with E-state index in [1.807, 2.05) is 24.3 Å². The minimum absolute atomic E-state index is 0.0882. The van der Waals surface area contributed by atoms with Gasteiger partial charge in [0.1, 0.15) is 11.9 Å². The highest BCUT2D eigenvalue weighted by molar-refractivity contribution is 7.98. The van der Waals surface area contributed by atoms with E-state index in [-0.39, 0.29) is 17.0 Å². The van der Waals surface area contributed by atoms with Gasteiger partial charge >= 0.3 is 0 Å². The van der Waals surface area contributed by atoms with Gasteiger partial charge in [-0.25, -0.2) is 9.07 Å². The maximum Gasteiger partial charge on any atom is 0.227 e. The summed E-state index contributed by atoms with van der Waals surface area (Å²) in [6.45, 7) is 4.19. The molecule has 0 fully saturated rings. The number of carbonyl (C=O) groups is 1. The van der Waals surface area contributed by atoms with Crippen LogP contribution in [0.4, 0.5) is 10.3 Å². The molecule has 0 unspecified atom stereocenters. The number of ketones is 1. The second-order valence-electron chi connectivity index (χ2n) is 9.52. The van der Waals surface area contributed by atoms with Crippen LogP contribution in [0.3, 0.4) is 0 Å². The quantitative estimate of drug-likeness (QED) is 0.461. The molecule has 2 aliphatic rings. The molecule has 3 aromatic rings. The number of Topliss-reactive ketones (excluding diaryl/α,β-unsaturated/α-hetero) is 1. The van der Waals surface area contributed by atoms with Crippen molar-refractivity contribution in [2.75, 3.05) is 19.5 Å². The van der Waals surface area contributed by atoms with Crippen LogP contribution in [0.25, 0.3) is 0 Å². The zero-order chi connectivity index (χ0) is 24.7. The van der Waals surface area contributed by atoms with Gasteiger partial charge in [-0.3, -0.25) is 4.79 Å². The summed E-state index contributed by atoms with van der Waals surface area (Å²) >= 11 is 1.35. The number of fused-ring (bicyclic) bond motifs is 1. The van der Waals surface area contributed by atoms with Crippen LogP contribution in [0.2, 0.25) is 0 Å². The molecule has 0 amide bonds. The topological polar surface area (TPSA) is 78.3 Å². The molecule has 9 heteroatoms. The van der Waals surface area contributed by atoms with Crippen molar-refractivity contribution in [2.45, 2.75) is 43.6 Å². The summed E-state index contributed by atoms with van der Waals surface area (Å²) in [6, 6.07) is 11.9. The molecule has 0 saturated carbocycles. The van der Waals surface area contributed by atoms with E-state index in [4.69, 9.17) is 19.6 Å². The van der Waals surface area contributed by atoms with Crippen molar-refractivity contribution in [3.63, 3.8) is 0 Å². The lowest BCUT2D eigenvalue weighted by Gasteiger charge is -2.38. The molecule has 0 saturated heterocycles. The Hall–Kier alpha value is -3.33. The Bertz CT molecular complexity index is 1330. The molecule has 7 nitrogen and oxygen atoms in total. The van der Waals surface area contributed by atoms with Crippen molar-refractivity contribution in [1.82, 2.24) is 14.8 Å². The van der Waals surface area contributed by atoms with E-state index >= 15 is 0 Å². The second-order valence-corrected chi connectivity index (χ2v) is 10.5. The fourth-order valence-electron chi connectivity index (χ4n) is 4.74. The number of ether oxygens (including phenoxy) is 2. The summed E-state index contributed by atoms with van der Waals surface area (Å²) in [5.41, 5.74) is 2.84. The molecule has 0 bridgehead atoms. The number of allylic oxidation sites excluding steroid dienone is 2. The van der Waals surface area contributed by atoms with Crippen molar-refractivity contribution < 1.29 is 18.7 Å². The molecule has 0 spiro atoms. The van der Waals surface area contributed by atoms with Gasteiger partial charge in [-0.05, 0) is 41.2 Å². The van der Waals surface area contributed by atoms with E-state index in [9.17, 15) is 9.18 Å². The molecule has 35 heavy (non-hydrogen) atoms. The van der Waals surface area contributed by atoms with Crippen LogP contribution in [-0.4, -0.2) is 34.8 Å². The third-order valence-corrected chi connectivity index (χ3v) is 7.24. The fourth-order valence-corrected chi connectivity index (χ4v) is 5.55. The fraction of sp³-hybridized carbons (Fsp3) is 0.346.